The van der Waals surface area contributed by atoms with Gasteiger partial charge in [-0.3, -0.25) is 4.79 Å². The number of phenolic OH excluding ortho intramolecular Hbond substituents is 1. The zero-order valence-electron chi connectivity index (χ0n) is 17.9. The van der Waals surface area contributed by atoms with Crippen molar-refractivity contribution in [3.05, 3.63) is 51.8 Å². The topological polar surface area (TPSA) is 78.6 Å². The third-order valence-electron chi connectivity index (χ3n) is 6.90. The van der Waals surface area contributed by atoms with Gasteiger partial charge in [0.1, 0.15) is 11.6 Å². The number of ketones is 1. The lowest BCUT2D eigenvalue weighted by Crippen LogP contribution is -2.42. The van der Waals surface area contributed by atoms with E-state index in [1.54, 1.807) is 13.8 Å². The summed E-state index contributed by atoms with van der Waals surface area (Å²) < 4.78 is 14.1. The number of nitrogens with two attached hydrogens (primary N) is 1. The van der Waals surface area contributed by atoms with Crippen LogP contribution in [0.2, 0.25) is 0 Å². The molecule has 2 aromatic rings. The van der Waals surface area contributed by atoms with Crippen LogP contribution in [0.15, 0.2) is 18.2 Å². The number of para-hydroxylation sites is 1. The molecule has 5 nitrogen and oxygen atoms in total. The van der Waals surface area contributed by atoms with Crippen molar-refractivity contribution < 1.29 is 14.3 Å². The van der Waals surface area contributed by atoms with Gasteiger partial charge in [0.05, 0.1) is 16.9 Å². The van der Waals surface area contributed by atoms with Gasteiger partial charge in [0.15, 0.2) is 5.78 Å². The summed E-state index contributed by atoms with van der Waals surface area (Å²) in [5.41, 5.74) is 10.7. The van der Waals surface area contributed by atoms with E-state index in [9.17, 15) is 14.3 Å². The first-order chi connectivity index (χ1) is 14.3. The fourth-order valence-electron chi connectivity index (χ4n) is 4.99. The molecular weight excluding hydrogens is 381 g/mol. The van der Waals surface area contributed by atoms with Crippen molar-refractivity contribution in [2.75, 3.05) is 30.7 Å². The van der Waals surface area contributed by atoms with Gasteiger partial charge in [-0.1, -0.05) is 12.1 Å². The number of hydrogen-bond donors (Lipinski definition) is 3. The number of nitrogens with zero attached hydrogens (tertiary/aromatic N) is 1. The number of likely N-dealkylation sites (tertiary alicyclic amines) is 1. The third kappa shape index (κ3) is 3.43. The molecule has 0 bridgehead atoms. The summed E-state index contributed by atoms with van der Waals surface area (Å²) in [4.78, 5) is 15.2. The minimum Gasteiger partial charge on any atom is -0.507 e. The molecule has 2 aliphatic rings. The quantitative estimate of drug-likeness (QED) is 0.505. The molecule has 2 atom stereocenters. The number of aromatic hydroxyl groups is 1. The Morgan fingerprint density at radius 3 is 2.80 bits per heavy atom. The van der Waals surface area contributed by atoms with Gasteiger partial charge < -0.3 is 21.1 Å². The Labute approximate surface area is 177 Å². The van der Waals surface area contributed by atoms with Crippen LogP contribution in [0, 0.1) is 26.6 Å². The van der Waals surface area contributed by atoms with E-state index in [1.165, 1.54) is 12.5 Å². The van der Waals surface area contributed by atoms with Crippen LogP contribution in [-0.2, 0) is 0 Å². The number of rotatable bonds is 5. The highest BCUT2D eigenvalue weighted by Crippen LogP contribution is 2.42. The number of piperidine rings is 1. The summed E-state index contributed by atoms with van der Waals surface area (Å²) in [6.45, 7) is 7.62. The fourth-order valence-corrected chi connectivity index (χ4v) is 4.99. The van der Waals surface area contributed by atoms with Gasteiger partial charge in [-0.15, -0.1) is 0 Å². The number of anilines is 2. The van der Waals surface area contributed by atoms with E-state index in [4.69, 9.17) is 5.73 Å². The van der Waals surface area contributed by atoms with E-state index >= 15 is 0 Å². The average molecular weight is 412 g/mol. The number of Topliss-reactive ketones (excluding diaryl/α,β-unsaturated/α-hetero) is 1. The monoisotopic (exact) mass is 411 g/mol. The van der Waals surface area contributed by atoms with Crippen molar-refractivity contribution in [1.29, 1.82) is 0 Å². The standard InChI is InChI=1S/C24H30FN3O2/c1-13-14(2)22(25)15(3)24(30)21(13)20(29)8-5-10-28-11-9-19-17(12-28)16-6-4-7-18(26)23(16)27-19/h4,6-7,17,19,27,30H,5,8-12,26H2,1-3H3. The lowest BCUT2D eigenvalue weighted by atomic mass is 9.89. The van der Waals surface area contributed by atoms with Crippen LogP contribution in [0.1, 0.15) is 57.8 Å². The first-order valence-corrected chi connectivity index (χ1v) is 10.7. The number of phenols is 1. The maximum atomic E-state index is 14.1. The Balaban J connectivity index is 1.38. The number of carbonyl (C=O) groups excluding carboxylic acids is 1. The minimum absolute atomic E-state index is 0.119. The smallest absolute Gasteiger partial charge is 0.166 e. The van der Waals surface area contributed by atoms with E-state index in [0.29, 0.717) is 35.9 Å². The van der Waals surface area contributed by atoms with Gasteiger partial charge in [-0.2, -0.15) is 0 Å². The molecule has 1 fully saturated rings. The highest BCUT2D eigenvalue weighted by molar-refractivity contribution is 6.00. The first kappa shape index (κ1) is 20.7. The Morgan fingerprint density at radius 2 is 2.03 bits per heavy atom. The summed E-state index contributed by atoms with van der Waals surface area (Å²) in [6.07, 6.45) is 2.09. The van der Waals surface area contributed by atoms with Gasteiger partial charge in [0.2, 0.25) is 0 Å². The predicted octanol–water partition coefficient (Wildman–Crippen LogP) is 4.29. The van der Waals surface area contributed by atoms with Crippen LogP contribution < -0.4 is 11.1 Å². The summed E-state index contributed by atoms with van der Waals surface area (Å²) >= 11 is 0. The van der Waals surface area contributed by atoms with Crippen LogP contribution >= 0.6 is 0 Å². The van der Waals surface area contributed by atoms with E-state index in [0.717, 1.165) is 37.4 Å². The van der Waals surface area contributed by atoms with Crippen LogP contribution in [0.4, 0.5) is 15.8 Å². The van der Waals surface area contributed by atoms with Gasteiger partial charge in [0.25, 0.3) is 0 Å². The van der Waals surface area contributed by atoms with Gasteiger partial charge >= 0.3 is 0 Å². The number of halogens is 1. The number of nitrogen functional groups attached to an aromatic ring is 1. The van der Waals surface area contributed by atoms with Crippen molar-refractivity contribution in [2.45, 2.75) is 52.0 Å². The minimum atomic E-state index is -0.435. The second-order valence-electron chi connectivity index (χ2n) is 8.70. The molecule has 2 heterocycles. The molecule has 2 unspecified atom stereocenters. The molecule has 30 heavy (non-hydrogen) atoms. The highest BCUT2D eigenvalue weighted by Gasteiger charge is 2.37. The third-order valence-corrected chi connectivity index (χ3v) is 6.90. The maximum absolute atomic E-state index is 14.1. The van der Waals surface area contributed by atoms with Gasteiger partial charge in [-0.25, -0.2) is 4.39 Å². The number of hydrogen-bond acceptors (Lipinski definition) is 5. The second-order valence-corrected chi connectivity index (χ2v) is 8.70. The van der Waals surface area contributed by atoms with E-state index < -0.39 is 5.82 Å². The lowest BCUT2D eigenvalue weighted by molar-refractivity contribution is 0.0968. The van der Waals surface area contributed by atoms with Crippen molar-refractivity contribution >= 4 is 17.2 Å². The normalized spacial score (nSPS) is 20.5. The summed E-state index contributed by atoms with van der Waals surface area (Å²) in [5, 5.41) is 13.9. The molecule has 0 aliphatic carbocycles. The molecule has 0 radical (unpaired) electrons. The molecule has 160 valence electrons. The lowest BCUT2D eigenvalue weighted by Gasteiger charge is -2.35. The fraction of sp³-hybridized carbons (Fsp3) is 0.458. The van der Waals surface area contributed by atoms with Crippen LogP contribution in [-0.4, -0.2) is 41.5 Å². The zero-order valence-corrected chi connectivity index (χ0v) is 17.9. The Bertz CT molecular complexity index is 975. The van der Waals surface area contributed by atoms with Gasteiger partial charge in [-0.05, 0) is 62.9 Å². The average Bonchev–Trinajstić information content (AvgIpc) is 3.10. The molecule has 0 saturated carbocycles. The molecule has 0 amide bonds. The summed E-state index contributed by atoms with van der Waals surface area (Å²) in [6, 6.07) is 6.52. The van der Waals surface area contributed by atoms with Crippen LogP contribution in [0.3, 0.4) is 0 Å². The van der Waals surface area contributed by atoms with Crippen molar-refractivity contribution in [3.8, 4) is 5.75 Å². The molecule has 2 aromatic carbocycles. The molecule has 0 aromatic heterocycles. The van der Waals surface area contributed by atoms with Crippen molar-refractivity contribution in [1.82, 2.24) is 4.90 Å². The van der Waals surface area contributed by atoms with E-state index in [-0.39, 0.29) is 22.7 Å². The van der Waals surface area contributed by atoms with Gasteiger partial charge in [0, 0.05) is 37.0 Å². The zero-order chi connectivity index (χ0) is 21.6. The highest BCUT2D eigenvalue weighted by atomic mass is 19.1. The SMILES string of the molecule is Cc1c(C)c(C(=O)CCCN2CCC3Nc4c(N)cccc4C3C2)c(O)c(C)c1F. The first-order valence-electron chi connectivity index (χ1n) is 10.7. The van der Waals surface area contributed by atoms with Crippen molar-refractivity contribution in [2.24, 2.45) is 0 Å². The predicted molar refractivity (Wildman–Crippen MR) is 118 cm³/mol. The second kappa shape index (κ2) is 7.91. The van der Waals surface area contributed by atoms with Crippen LogP contribution in [0.5, 0.6) is 5.75 Å². The molecule has 0 spiro atoms. The number of carbonyl (C=O) groups is 1. The molecule has 4 N–H and O–H groups in total. The number of benzene rings is 2. The summed E-state index contributed by atoms with van der Waals surface area (Å²) in [5.74, 6) is -0.350. The van der Waals surface area contributed by atoms with Crippen molar-refractivity contribution in [3.63, 3.8) is 0 Å². The maximum Gasteiger partial charge on any atom is 0.166 e. The van der Waals surface area contributed by atoms with E-state index in [1.807, 2.05) is 12.1 Å². The van der Waals surface area contributed by atoms with Crippen LogP contribution in [0.25, 0.3) is 0 Å². The Kier molecular flexibility index (Phi) is 5.45. The molecule has 2 aliphatic heterocycles. The largest absolute Gasteiger partial charge is 0.507 e. The Morgan fingerprint density at radius 1 is 1.27 bits per heavy atom. The molecule has 6 heteroatoms. The molecule has 1 saturated heterocycles. The summed E-state index contributed by atoms with van der Waals surface area (Å²) in [7, 11) is 0. The number of nitrogens with one attached hydrogen (secondary N) is 1. The Hall–Kier alpha value is -2.60. The molecular formula is C24H30FN3O2. The van der Waals surface area contributed by atoms with E-state index in [2.05, 4.69) is 16.3 Å². The molecule has 4 rings (SSSR count). The number of fused-ring (bicyclic) bond motifs is 3.